The van der Waals surface area contributed by atoms with Gasteiger partial charge in [0.25, 0.3) is 5.91 Å². The zero-order chi connectivity index (χ0) is 15.5. The van der Waals surface area contributed by atoms with E-state index in [0.717, 1.165) is 4.47 Å². The number of carbonyl (C=O) groups is 1. The maximum atomic E-state index is 12.4. The van der Waals surface area contributed by atoms with Crippen molar-refractivity contribution in [3.63, 3.8) is 0 Å². The Labute approximate surface area is 136 Å². The van der Waals surface area contributed by atoms with Crippen LogP contribution in [0.5, 0.6) is 0 Å². The highest BCUT2D eigenvalue weighted by atomic mass is 79.9. The second-order valence-electron chi connectivity index (χ2n) is 4.98. The molecule has 21 heavy (non-hydrogen) atoms. The van der Waals surface area contributed by atoms with Gasteiger partial charge in [0.05, 0.1) is 4.75 Å². The van der Waals surface area contributed by atoms with Gasteiger partial charge in [0.15, 0.2) is 5.84 Å². The van der Waals surface area contributed by atoms with E-state index in [1.54, 1.807) is 11.8 Å². The van der Waals surface area contributed by atoms with Gasteiger partial charge >= 0.3 is 0 Å². The molecule has 7 heteroatoms. The summed E-state index contributed by atoms with van der Waals surface area (Å²) >= 11 is 4.94. The van der Waals surface area contributed by atoms with Crippen molar-refractivity contribution in [3.8, 4) is 0 Å². The molecule has 0 atom stereocenters. The topological polar surface area (TPSA) is 78.9 Å². The van der Waals surface area contributed by atoms with Crippen LogP contribution in [0.15, 0.2) is 33.9 Å². The number of carbonyl (C=O) groups excluding carboxylic acids is 1. The summed E-state index contributed by atoms with van der Waals surface area (Å²) in [6.45, 7) is 1.21. The van der Waals surface area contributed by atoms with Crippen molar-refractivity contribution >= 4 is 39.4 Å². The molecule has 0 bridgehead atoms. The van der Waals surface area contributed by atoms with E-state index >= 15 is 0 Å². The molecule has 5 nitrogen and oxygen atoms in total. The van der Waals surface area contributed by atoms with Gasteiger partial charge in [0.2, 0.25) is 0 Å². The van der Waals surface area contributed by atoms with Crippen LogP contribution in [-0.2, 0) is 0 Å². The molecule has 1 aliphatic heterocycles. The van der Waals surface area contributed by atoms with Crippen LogP contribution in [-0.4, -0.2) is 45.9 Å². The summed E-state index contributed by atoms with van der Waals surface area (Å²) in [6, 6.07) is 7.35. The molecular weight excluding hydrogens is 354 g/mol. The highest BCUT2D eigenvalue weighted by Gasteiger charge is 2.39. The first-order chi connectivity index (χ1) is 10.0. The summed E-state index contributed by atoms with van der Waals surface area (Å²) in [4.78, 5) is 14.3. The summed E-state index contributed by atoms with van der Waals surface area (Å²) in [5.74, 6) is 0.266. The molecule has 1 amide bonds. The number of halogens is 1. The minimum absolute atomic E-state index is 0.0247. The van der Waals surface area contributed by atoms with Crippen LogP contribution in [0.1, 0.15) is 23.2 Å². The van der Waals surface area contributed by atoms with Crippen LogP contribution in [0.25, 0.3) is 0 Å². The van der Waals surface area contributed by atoms with Crippen molar-refractivity contribution in [1.29, 1.82) is 0 Å². The van der Waals surface area contributed by atoms with Gasteiger partial charge in [-0.25, -0.2) is 0 Å². The molecule has 0 aliphatic carbocycles. The molecule has 1 fully saturated rings. The van der Waals surface area contributed by atoms with Crippen molar-refractivity contribution in [1.82, 2.24) is 4.90 Å². The molecule has 2 rings (SSSR count). The summed E-state index contributed by atoms with van der Waals surface area (Å²) < 4.78 is 0.580. The van der Waals surface area contributed by atoms with Crippen LogP contribution >= 0.6 is 27.7 Å². The Bertz CT molecular complexity index is 540. The number of oxime groups is 1. The lowest BCUT2D eigenvalue weighted by molar-refractivity contribution is 0.0718. The van der Waals surface area contributed by atoms with E-state index in [-0.39, 0.29) is 16.5 Å². The molecule has 1 aromatic carbocycles. The third-order valence-electron chi connectivity index (χ3n) is 3.91. The number of rotatable bonds is 3. The number of amidine groups is 1. The molecule has 1 saturated heterocycles. The molecule has 0 spiro atoms. The van der Waals surface area contributed by atoms with Crippen molar-refractivity contribution in [2.75, 3.05) is 19.3 Å². The minimum Gasteiger partial charge on any atom is -0.409 e. The van der Waals surface area contributed by atoms with Crippen LogP contribution in [0.2, 0.25) is 0 Å². The van der Waals surface area contributed by atoms with E-state index in [4.69, 9.17) is 10.9 Å². The third-order valence-corrected chi connectivity index (χ3v) is 5.84. The largest absolute Gasteiger partial charge is 0.409 e. The fourth-order valence-electron chi connectivity index (χ4n) is 2.50. The third kappa shape index (κ3) is 3.35. The fraction of sp³-hybridized carbons (Fsp3) is 0.429. The highest BCUT2D eigenvalue weighted by molar-refractivity contribution is 9.10. The lowest BCUT2D eigenvalue weighted by atomic mass is 9.94. The monoisotopic (exact) mass is 371 g/mol. The Balaban J connectivity index is 2.07. The predicted octanol–water partition coefficient (Wildman–Crippen LogP) is 2.53. The molecule has 1 aromatic rings. The zero-order valence-electron chi connectivity index (χ0n) is 11.8. The van der Waals surface area contributed by atoms with Gasteiger partial charge in [-0.05, 0) is 43.4 Å². The van der Waals surface area contributed by atoms with Gasteiger partial charge in [-0.2, -0.15) is 11.8 Å². The van der Waals surface area contributed by atoms with Crippen LogP contribution in [0.4, 0.5) is 0 Å². The van der Waals surface area contributed by atoms with E-state index in [0.29, 0.717) is 31.5 Å². The van der Waals surface area contributed by atoms with E-state index in [1.807, 2.05) is 35.4 Å². The Morgan fingerprint density at radius 3 is 2.43 bits per heavy atom. The van der Waals surface area contributed by atoms with Crippen molar-refractivity contribution in [2.45, 2.75) is 17.6 Å². The Morgan fingerprint density at radius 1 is 1.38 bits per heavy atom. The first-order valence-electron chi connectivity index (χ1n) is 6.60. The van der Waals surface area contributed by atoms with Crippen molar-refractivity contribution < 1.29 is 10.0 Å². The average Bonchev–Trinajstić information content (AvgIpc) is 2.54. The number of hydrogen-bond donors (Lipinski definition) is 2. The number of nitrogens with two attached hydrogens (primary N) is 1. The van der Waals surface area contributed by atoms with Gasteiger partial charge in [-0.3, -0.25) is 4.79 Å². The number of likely N-dealkylation sites (tertiary alicyclic amines) is 1. The number of hydrogen-bond acceptors (Lipinski definition) is 4. The SMILES string of the molecule is CSC1(C(N)=NO)CCN(C(=O)c2ccc(Br)cc2)CC1. The van der Waals surface area contributed by atoms with Crippen LogP contribution < -0.4 is 5.73 Å². The first kappa shape index (κ1) is 16.2. The maximum Gasteiger partial charge on any atom is 0.253 e. The predicted molar refractivity (Wildman–Crippen MR) is 88.9 cm³/mol. The zero-order valence-corrected chi connectivity index (χ0v) is 14.2. The molecule has 3 N–H and O–H groups in total. The number of nitrogens with zero attached hydrogens (tertiary/aromatic N) is 2. The summed E-state index contributed by atoms with van der Waals surface area (Å²) in [7, 11) is 0. The Hall–Kier alpha value is -1.21. The van der Waals surface area contributed by atoms with Crippen LogP contribution in [0.3, 0.4) is 0 Å². The molecule has 114 valence electrons. The lowest BCUT2D eigenvalue weighted by Gasteiger charge is -2.39. The number of thioether (sulfide) groups is 1. The van der Waals surface area contributed by atoms with Gasteiger partial charge in [0.1, 0.15) is 0 Å². The second kappa shape index (κ2) is 6.70. The Kier molecular flexibility index (Phi) is 5.16. The fourth-order valence-corrected chi connectivity index (χ4v) is 3.61. The first-order valence-corrected chi connectivity index (χ1v) is 8.62. The minimum atomic E-state index is -0.370. The molecular formula is C14H18BrN3O2S. The average molecular weight is 372 g/mol. The van der Waals surface area contributed by atoms with Gasteiger partial charge < -0.3 is 15.8 Å². The Morgan fingerprint density at radius 2 is 1.95 bits per heavy atom. The van der Waals surface area contributed by atoms with Gasteiger partial charge in [-0.15, -0.1) is 0 Å². The molecule has 0 radical (unpaired) electrons. The van der Waals surface area contributed by atoms with Crippen molar-refractivity contribution in [2.24, 2.45) is 10.9 Å². The lowest BCUT2D eigenvalue weighted by Crippen LogP contribution is -2.51. The second-order valence-corrected chi connectivity index (χ2v) is 7.09. The molecule has 0 unspecified atom stereocenters. The van der Waals surface area contributed by atoms with E-state index in [1.165, 1.54) is 0 Å². The van der Waals surface area contributed by atoms with E-state index < -0.39 is 0 Å². The van der Waals surface area contributed by atoms with E-state index in [9.17, 15) is 4.79 Å². The van der Waals surface area contributed by atoms with Crippen molar-refractivity contribution in [3.05, 3.63) is 34.3 Å². The quantitative estimate of drug-likeness (QED) is 0.370. The van der Waals surface area contributed by atoms with Gasteiger partial charge in [0, 0.05) is 23.1 Å². The summed E-state index contributed by atoms with van der Waals surface area (Å²) in [5, 5.41) is 12.1. The van der Waals surface area contributed by atoms with Crippen LogP contribution in [0, 0.1) is 0 Å². The molecule has 0 saturated carbocycles. The highest BCUT2D eigenvalue weighted by Crippen LogP contribution is 2.35. The maximum absolute atomic E-state index is 12.4. The molecule has 1 heterocycles. The standard InChI is InChI=1S/C14H18BrN3O2S/c1-21-14(13(16)17-20)6-8-18(9-7-14)12(19)10-2-4-11(15)5-3-10/h2-5,20H,6-9H2,1H3,(H2,16,17). The normalized spacial score (nSPS) is 18.6. The smallest absolute Gasteiger partial charge is 0.253 e. The number of piperidine rings is 1. The molecule has 0 aromatic heterocycles. The summed E-state index contributed by atoms with van der Waals surface area (Å²) in [6.07, 6.45) is 3.32. The number of benzene rings is 1. The number of amides is 1. The van der Waals surface area contributed by atoms with E-state index in [2.05, 4.69) is 21.1 Å². The molecule has 1 aliphatic rings. The van der Waals surface area contributed by atoms with Gasteiger partial charge in [-0.1, -0.05) is 21.1 Å². The summed E-state index contributed by atoms with van der Waals surface area (Å²) in [5.41, 5.74) is 6.49.